The van der Waals surface area contributed by atoms with Gasteiger partial charge in [-0.05, 0) is 68.1 Å². The molecule has 2 aliphatic rings. The number of hydrogen-bond acceptors (Lipinski definition) is 5. The van der Waals surface area contributed by atoms with E-state index in [-0.39, 0.29) is 17.7 Å². The van der Waals surface area contributed by atoms with Gasteiger partial charge in [0.2, 0.25) is 5.91 Å². The largest absolute Gasteiger partial charge is 0.489 e. The van der Waals surface area contributed by atoms with Crippen molar-refractivity contribution in [3.8, 4) is 5.75 Å². The zero-order chi connectivity index (χ0) is 22.8. The molecule has 1 aliphatic heterocycles. The maximum atomic E-state index is 13.2. The second-order valence-corrected chi connectivity index (χ2v) is 9.42. The number of aliphatic hydroxyl groups is 1. The molecule has 1 fully saturated rings. The highest BCUT2D eigenvalue weighted by Crippen LogP contribution is 2.44. The SMILES string of the molecule is Cc1cc(OCc2cccnc2)c(C)c2c1CC[C@@H]([C@H](C)C(=O)N1CCN(C)CC1)[C@H]2O. The van der Waals surface area contributed by atoms with Crippen LogP contribution in [0, 0.1) is 25.7 Å². The number of fused-ring (bicyclic) bond motifs is 1. The Morgan fingerprint density at radius 3 is 2.72 bits per heavy atom. The van der Waals surface area contributed by atoms with E-state index in [1.54, 1.807) is 12.4 Å². The van der Waals surface area contributed by atoms with E-state index >= 15 is 0 Å². The number of aryl methyl sites for hydroxylation is 1. The lowest BCUT2D eigenvalue weighted by atomic mass is 9.72. The third kappa shape index (κ3) is 4.52. The summed E-state index contributed by atoms with van der Waals surface area (Å²) in [6.07, 6.45) is 4.60. The number of aliphatic hydroxyl groups excluding tert-OH is 1. The van der Waals surface area contributed by atoms with Crippen LogP contribution < -0.4 is 4.74 Å². The van der Waals surface area contributed by atoms with Crippen LogP contribution >= 0.6 is 0 Å². The van der Waals surface area contributed by atoms with Gasteiger partial charge in [-0.15, -0.1) is 0 Å². The molecular formula is C26H35N3O3. The van der Waals surface area contributed by atoms with Gasteiger partial charge in [-0.1, -0.05) is 13.0 Å². The normalized spacial score (nSPS) is 22.3. The number of piperazine rings is 1. The first kappa shape index (κ1) is 22.7. The van der Waals surface area contributed by atoms with Gasteiger partial charge >= 0.3 is 0 Å². The van der Waals surface area contributed by atoms with Crippen molar-refractivity contribution in [1.82, 2.24) is 14.8 Å². The van der Waals surface area contributed by atoms with E-state index < -0.39 is 6.10 Å². The maximum Gasteiger partial charge on any atom is 0.225 e. The predicted molar refractivity (Wildman–Crippen MR) is 124 cm³/mol. The Hall–Kier alpha value is -2.44. The van der Waals surface area contributed by atoms with Crippen molar-refractivity contribution in [1.29, 1.82) is 0 Å². The van der Waals surface area contributed by atoms with E-state index in [1.165, 1.54) is 5.56 Å². The number of carbonyl (C=O) groups excluding carboxylic acids is 1. The van der Waals surface area contributed by atoms with Crippen LogP contribution in [0.15, 0.2) is 30.6 Å². The summed E-state index contributed by atoms with van der Waals surface area (Å²) in [6, 6.07) is 5.97. The number of ether oxygens (including phenoxy) is 1. The van der Waals surface area contributed by atoms with Crippen LogP contribution in [-0.4, -0.2) is 59.0 Å². The number of pyridine rings is 1. The van der Waals surface area contributed by atoms with E-state index in [2.05, 4.69) is 29.9 Å². The lowest BCUT2D eigenvalue weighted by Crippen LogP contribution is -2.50. The van der Waals surface area contributed by atoms with Crippen LogP contribution in [0.4, 0.5) is 0 Å². The van der Waals surface area contributed by atoms with Gasteiger partial charge < -0.3 is 19.6 Å². The minimum absolute atomic E-state index is 0.0821. The summed E-state index contributed by atoms with van der Waals surface area (Å²) in [7, 11) is 2.09. The molecule has 1 amide bonds. The molecule has 1 saturated heterocycles. The summed E-state index contributed by atoms with van der Waals surface area (Å²) in [5.74, 6) is 0.675. The van der Waals surface area contributed by atoms with E-state index in [1.807, 2.05) is 30.9 Å². The number of amides is 1. The Balaban J connectivity index is 1.53. The van der Waals surface area contributed by atoms with Gasteiger partial charge in [-0.25, -0.2) is 0 Å². The third-order valence-corrected chi connectivity index (χ3v) is 7.32. The van der Waals surface area contributed by atoms with E-state index in [4.69, 9.17) is 4.74 Å². The van der Waals surface area contributed by atoms with Crippen molar-refractivity contribution >= 4 is 5.91 Å². The average molecular weight is 438 g/mol. The molecule has 1 aromatic carbocycles. The quantitative estimate of drug-likeness (QED) is 0.778. The van der Waals surface area contributed by atoms with Gasteiger partial charge in [0.15, 0.2) is 0 Å². The number of likely N-dealkylation sites (N-methyl/N-ethyl adjacent to an activating group) is 1. The summed E-state index contributed by atoms with van der Waals surface area (Å²) in [5, 5.41) is 11.5. The number of nitrogens with zero attached hydrogens (tertiary/aromatic N) is 3. The second kappa shape index (κ2) is 9.59. The molecule has 1 aromatic heterocycles. The Bertz CT molecular complexity index is 955. The molecule has 1 N–H and O–H groups in total. The van der Waals surface area contributed by atoms with Crippen LogP contribution in [-0.2, 0) is 17.8 Å². The molecule has 6 heteroatoms. The van der Waals surface area contributed by atoms with E-state index in [9.17, 15) is 9.90 Å². The molecule has 2 aromatic rings. The van der Waals surface area contributed by atoms with Crippen molar-refractivity contribution in [3.63, 3.8) is 0 Å². The fourth-order valence-corrected chi connectivity index (χ4v) is 5.19. The predicted octanol–water partition coefficient (Wildman–Crippen LogP) is 3.28. The lowest BCUT2D eigenvalue weighted by molar-refractivity contribution is -0.140. The van der Waals surface area contributed by atoms with Crippen LogP contribution in [0.5, 0.6) is 5.75 Å². The van der Waals surface area contributed by atoms with Gasteiger partial charge in [0.05, 0.1) is 6.10 Å². The fraction of sp³-hybridized carbons (Fsp3) is 0.538. The second-order valence-electron chi connectivity index (χ2n) is 9.42. The maximum absolute atomic E-state index is 13.2. The Labute approximate surface area is 191 Å². The molecule has 3 atom stereocenters. The van der Waals surface area contributed by atoms with Crippen molar-refractivity contribution in [2.45, 2.75) is 46.3 Å². The highest BCUT2D eigenvalue weighted by Gasteiger charge is 2.38. The van der Waals surface area contributed by atoms with Gasteiger partial charge in [0, 0.05) is 56.0 Å². The Kier molecular flexibility index (Phi) is 6.82. The summed E-state index contributed by atoms with van der Waals surface area (Å²) in [5.41, 5.74) is 5.29. The van der Waals surface area contributed by atoms with Gasteiger partial charge in [0.1, 0.15) is 12.4 Å². The number of benzene rings is 1. The van der Waals surface area contributed by atoms with E-state index in [0.717, 1.165) is 67.0 Å². The Morgan fingerprint density at radius 2 is 2.03 bits per heavy atom. The summed E-state index contributed by atoms with van der Waals surface area (Å²) < 4.78 is 6.14. The molecule has 6 nitrogen and oxygen atoms in total. The Morgan fingerprint density at radius 1 is 1.28 bits per heavy atom. The standard InChI is InChI=1S/C26H35N3O3/c1-17-14-23(32-16-20-6-5-9-27-15-20)19(3)24-21(17)7-8-22(25(24)30)18(2)26(31)29-12-10-28(4)11-13-29/h5-6,9,14-15,18,22,25,30H,7-8,10-13,16H2,1-4H3/t18-,22-,25+/m0/s1. The summed E-state index contributed by atoms with van der Waals surface area (Å²) in [4.78, 5) is 21.6. The van der Waals surface area contributed by atoms with Crippen molar-refractivity contribution in [2.75, 3.05) is 33.2 Å². The fourth-order valence-electron chi connectivity index (χ4n) is 5.19. The zero-order valence-electron chi connectivity index (χ0n) is 19.7. The molecule has 0 radical (unpaired) electrons. The van der Waals surface area contributed by atoms with Crippen molar-refractivity contribution < 1.29 is 14.6 Å². The summed E-state index contributed by atoms with van der Waals surface area (Å²) in [6.45, 7) is 9.88. The number of aromatic nitrogens is 1. The smallest absolute Gasteiger partial charge is 0.225 e. The van der Waals surface area contributed by atoms with Crippen molar-refractivity contribution in [3.05, 3.63) is 58.4 Å². The van der Waals surface area contributed by atoms with Crippen molar-refractivity contribution in [2.24, 2.45) is 11.8 Å². The van der Waals surface area contributed by atoms with Crippen LogP contribution in [0.2, 0.25) is 0 Å². The first-order valence-corrected chi connectivity index (χ1v) is 11.7. The molecule has 0 spiro atoms. The molecular weight excluding hydrogens is 402 g/mol. The van der Waals surface area contributed by atoms with Crippen LogP contribution in [0.3, 0.4) is 0 Å². The topological polar surface area (TPSA) is 65.9 Å². The number of hydrogen-bond donors (Lipinski definition) is 1. The average Bonchev–Trinajstić information content (AvgIpc) is 2.80. The summed E-state index contributed by atoms with van der Waals surface area (Å²) >= 11 is 0. The number of rotatable bonds is 5. The lowest BCUT2D eigenvalue weighted by Gasteiger charge is -2.39. The molecule has 32 heavy (non-hydrogen) atoms. The molecule has 2 heterocycles. The first-order chi connectivity index (χ1) is 15.4. The first-order valence-electron chi connectivity index (χ1n) is 11.7. The monoisotopic (exact) mass is 437 g/mol. The van der Waals surface area contributed by atoms with Gasteiger partial charge in [-0.3, -0.25) is 9.78 Å². The zero-order valence-corrected chi connectivity index (χ0v) is 19.7. The highest BCUT2D eigenvalue weighted by atomic mass is 16.5. The minimum atomic E-state index is -0.661. The highest BCUT2D eigenvalue weighted by molar-refractivity contribution is 5.79. The molecule has 172 valence electrons. The molecule has 0 bridgehead atoms. The molecule has 0 saturated carbocycles. The van der Waals surface area contributed by atoms with Gasteiger partial charge in [-0.2, -0.15) is 0 Å². The van der Waals surface area contributed by atoms with Crippen LogP contribution in [0.25, 0.3) is 0 Å². The third-order valence-electron chi connectivity index (χ3n) is 7.32. The number of carbonyl (C=O) groups is 1. The van der Waals surface area contributed by atoms with E-state index in [0.29, 0.717) is 6.61 Å². The van der Waals surface area contributed by atoms with Gasteiger partial charge in [0.25, 0.3) is 0 Å². The minimum Gasteiger partial charge on any atom is -0.489 e. The molecule has 4 rings (SSSR count). The molecule has 0 unspecified atom stereocenters. The van der Waals surface area contributed by atoms with Crippen LogP contribution in [0.1, 0.15) is 47.3 Å². The molecule has 1 aliphatic carbocycles.